The van der Waals surface area contributed by atoms with Gasteiger partial charge in [0.25, 0.3) is 0 Å². The maximum Gasteiger partial charge on any atom is 0.237 e. The van der Waals surface area contributed by atoms with Crippen LogP contribution in [0.15, 0.2) is 66.3 Å². The summed E-state index contributed by atoms with van der Waals surface area (Å²) in [6.07, 6.45) is 1.80. The minimum absolute atomic E-state index is 0.0265. The van der Waals surface area contributed by atoms with Crippen molar-refractivity contribution < 1.29 is 4.79 Å². The third-order valence-electron chi connectivity index (χ3n) is 4.95. The van der Waals surface area contributed by atoms with Crippen LogP contribution in [0.4, 0.5) is 11.4 Å². The van der Waals surface area contributed by atoms with Crippen LogP contribution >= 0.6 is 23.4 Å². The van der Waals surface area contributed by atoms with Crippen LogP contribution in [0.2, 0.25) is 5.02 Å². The molecule has 168 valence electrons. The van der Waals surface area contributed by atoms with E-state index in [2.05, 4.69) is 22.1 Å². The molecule has 6 nitrogen and oxygen atoms in total. The normalized spacial score (nSPS) is 10.9. The predicted molar refractivity (Wildman–Crippen MR) is 134 cm³/mol. The van der Waals surface area contributed by atoms with Crippen molar-refractivity contribution in [2.75, 3.05) is 16.0 Å². The Morgan fingerprint density at radius 2 is 1.97 bits per heavy atom. The summed E-state index contributed by atoms with van der Waals surface area (Å²) < 4.78 is 1.97. The molecule has 0 spiro atoms. The Balaban J connectivity index is 1.71. The van der Waals surface area contributed by atoms with Gasteiger partial charge in [-0.2, -0.15) is 0 Å². The summed E-state index contributed by atoms with van der Waals surface area (Å²) in [6.45, 7) is 10.9. The van der Waals surface area contributed by atoms with Crippen molar-refractivity contribution >= 4 is 40.6 Å². The Bertz CT molecular complexity index is 1070. The van der Waals surface area contributed by atoms with E-state index >= 15 is 0 Å². The molecule has 3 aromatic rings. The van der Waals surface area contributed by atoms with E-state index < -0.39 is 0 Å². The molecule has 0 aliphatic rings. The number of hydrogen-bond acceptors (Lipinski definition) is 5. The van der Waals surface area contributed by atoms with Crippen LogP contribution in [0.25, 0.3) is 0 Å². The molecule has 0 saturated heterocycles. The van der Waals surface area contributed by atoms with Gasteiger partial charge in [0.1, 0.15) is 0 Å². The summed E-state index contributed by atoms with van der Waals surface area (Å²) in [6, 6.07) is 15.5. The zero-order valence-electron chi connectivity index (χ0n) is 18.6. The van der Waals surface area contributed by atoms with Crippen molar-refractivity contribution in [3.05, 3.63) is 77.6 Å². The number of nitrogens with zero attached hydrogens (tertiary/aromatic N) is 4. The van der Waals surface area contributed by atoms with Gasteiger partial charge < -0.3 is 14.8 Å². The summed E-state index contributed by atoms with van der Waals surface area (Å²) in [5.74, 6) is 1.06. The number of aromatic nitrogens is 3. The molecule has 1 amide bonds. The van der Waals surface area contributed by atoms with E-state index in [-0.39, 0.29) is 17.7 Å². The summed E-state index contributed by atoms with van der Waals surface area (Å²) in [4.78, 5) is 14.8. The summed E-state index contributed by atoms with van der Waals surface area (Å²) in [5.41, 5.74) is 2.83. The lowest BCUT2D eigenvalue weighted by molar-refractivity contribution is -0.116. The van der Waals surface area contributed by atoms with Gasteiger partial charge in [-0.3, -0.25) is 4.79 Å². The van der Waals surface area contributed by atoms with Gasteiger partial charge in [0.15, 0.2) is 11.0 Å². The molecule has 1 aromatic heterocycles. The second-order valence-electron chi connectivity index (χ2n) is 7.55. The van der Waals surface area contributed by atoms with E-state index in [9.17, 15) is 4.79 Å². The van der Waals surface area contributed by atoms with Crippen LogP contribution in [-0.4, -0.2) is 32.5 Å². The zero-order valence-corrected chi connectivity index (χ0v) is 20.2. The number of amides is 1. The monoisotopic (exact) mass is 469 g/mol. The molecule has 0 radical (unpaired) electrons. The second-order valence-corrected chi connectivity index (χ2v) is 8.90. The Morgan fingerprint density at radius 3 is 2.66 bits per heavy atom. The van der Waals surface area contributed by atoms with Gasteiger partial charge in [-0.15, -0.1) is 16.8 Å². The molecule has 1 heterocycles. The number of halogens is 1. The number of carbonyl (C=O) groups excluding carboxylic acids is 1. The number of para-hydroxylation sites is 1. The average molecular weight is 470 g/mol. The molecule has 1 N–H and O–H groups in total. The first-order chi connectivity index (χ1) is 15.4. The fourth-order valence-electron chi connectivity index (χ4n) is 3.36. The molecule has 0 unspecified atom stereocenters. The number of thioether (sulfide) groups is 1. The highest BCUT2D eigenvalue weighted by Gasteiger charge is 2.21. The highest BCUT2D eigenvalue weighted by atomic mass is 35.5. The molecule has 0 bridgehead atoms. The van der Waals surface area contributed by atoms with Gasteiger partial charge >= 0.3 is 0 Å². The van der Waals surface area contributed by atoms with E-state index in [4.69, 9.17) is 11.6 Å². The van der Waals surface area contributed by atoms with Gasteiger partial charge in [0, 0.05) is 29.0 Å². The van der Waals surface area contributed by atoms with Crippen LogP contribution in [-0.2, 0) is 17.9 Å². The van der Waals surface area contributed by atoms with Gasteiger partial charge in [-0.25, -0.2) is 0 Å². The highest BCUT2D eigenvalue weighted by Crippen LogP contribution is 2.25. The average Bonchev–Trinajstić information content (AvgIpc) is 3.16. The molecular weight excluding hydrogens is 442 g/mol. The number of benzene rings is 2. The largest absolute Gasteiger partial charge is 0.377 e. The lowest BCUT2D eigenvalue weighted by Gasteiger charge is -2.26. The van der Waals surface area contributed by atoms with Crippen molar-refractivity contribution in [3.63, 3.8) is 0 Å². The van der Waals surface area contributed by atoms with Crippen LogP contribution < -0.4 is 10.2 Å². The van der Waals surface area contributed by atoms with Gasteiger partial charge in [-0.1, -0.05) is 53.7 Å². The number of carbonyl (C=O) groups is 1. The van der Waals surface area contributed by atoms with Crippen molar-refractivity contribution in [1.29, 1.82) is 0 Å². The first-order valence-corrected chi connectivity index (χ1v) is 11.8. The SMILES string of the molecule is C=CCn1c(CNc2cccc(Cl)c2C)nnc1SCC(=O)N(c1ccccc1)C(C)C. The molecule has 3 rings (SSSR count). The Hall–Kier alpha value is -2.77. The third kappa shape index (κ3) is 5.72. The van der Waals surface area contributed by atoms with Gasteiger partial charge in [-0.05, 0) is 50.6 Å². The molecule has 0 aliphatic heterocycles. The van der Waals surface area contributed by atoms with Gasteiger partial charge in [0.2, 0.25) is 5.91 Å². The maximum atomic E-state index is 13.0. The summed E-state index contributed by atoms with van der Waals surface area (Å²) in [7, 11) is 0. The fraction of sp³-hybridized carbons (Fsp3) is 0.292. The molecule has 0 atom stereocenters. The number of rotatable bonds is 10. The minimum atomic E-state index is 0.0265. The lowest BCUT2D eigenvalue weighted by atomic mass is 10.2. The van der Waals surface area contributed by atoms with Crippen molar-refractivity contribution in [2.24, 2.45) is 0 Å². The van der Waals surface area contributed by atoms with Crippen LogP contribution in [0.3, 0.4) is 0 Å². The van der Waals surface area contributed by atoms with E-state index in [0.717, 1.165) is 22.8 Å². The van der Waals surface area contributed by atoms with Crippen LogP contribution in [0.1, 0.15) is 25.2 Å². The van der Waals surface area contributed by atoms with Crippen molar-refractivity contribution in [1.82, 2.24) is 14.8 Å². The molecule has 0 fully saturated rings. The fourth-order valence-corrected chi connectivity index (χ4v) is 4.36. The van der Waals surface area contributed by atoms with E-state index in [1.165, 1.54) is 11.8 Å². The van der Waals surface area contributed by atoms with Crippen molar-refractivity contribution in [3.8, 4) is 0 Å². The third-order valence-corrected chi connectivity index (χ3v) is 6.31. The Morgan fingerprint density at radius 1 is 1.22 bits per heavy atom. The van der Waals surface area contributed by atoms with Crippen LogP contribution in [0, 0.1) is 6.92 Å². The van der Waals surface area contributed by atoms with E-state index in [0.29, 0.717) is 23.3 Å². The molecular formula is C24H28ClN5OS. The molecule has 0 aliphatic carbocycles. The van der Waals surface area contributed by atoms with E-state index in [1.807, 2.05) is 78.8 Å². The van der Waals surface area contributed by atoms with Gasteiger partial charge in [0.05, 0.1) is 12.3 Å². The number of nitrogens with one attached hydrogen (secondary N) is 1. The van der Waals surface area contributed by atoms with E-state index in [1.54, 1.807) is 6.08 Å². The lowest BCUT2D eigenvalue weighted by Crippen LogP contribution is -2.38. The molecule has 8 heteroatoms. The minimum Gasteiger partial charge on any atom is -0.377 e. The Kier molecular flexibility index (Phi) is 8.36. The Labute approximate surface area is 198 Å². The number of allylic oxidation sites excluding steroid dienone is 1. The smallest absolute Gasteiger partial charge is 0.237 e. The summed E-state index contributed by atoms with van der Waals surface area (Å²) >= 11 is 7.60. The highest BCUT2D eigenvalue weighted by molar-refractivity contribution is 7.99. The first kappa shape index (κ1) is 23.9. The quantitative estimate of drug-likeness (QED) is 0.310. The standard InChI is InChI=1S/C24H28ClN5OS/c1-5-14-29-22(15-26-21-13-9-12-20(25)18(21)4)27-28-24(29)32-16-23(31)30(17(2)3)19-10-7-6-8-11-19/h5-13,17,26H,1,14-16H2,2-4H3. The maximum absolute atomic E-state index is 13.0. The number of hydrogen-bond donors (Lipinski definition) is 1. The molecule has 2 aromatic carbocycles. The molecule has 32 heavy (non-hydrogen) atoms. The first-order valence-electron chi connectivity index (χ1n) is 10.4. The summed E-state index contributed by atoms with van der Waals surface area (Å²) in [5, 5.41) is 13.4. The molecule has 0 saturated carbocycles. The number of anilines is 2. The van der Waals surface area contributed by atoms with Crippen LogP contribution in [0.5, 0.6) is 0 Å². The topological polar surface area (TPSA) is 63.1 Å². The van der Waals surface area contributed by atoms with Crippen molar-refractivity contribution in [2.45, 2.75) is 45.1 Å². The second kappa shape index (κ2) is 11.2. The predicted octanol–water partition coefficient (Wildman–Crippen LogP) is 5.57. The zero-order chi connectivity index (χ0) is 23.1.